The zero-order chi connectivity index (χ0) is 18.7. The molecule has 0 bridgehead atoms. The van der Waals surface area contributed by atoms with E-state index in [0.717, 1.165) is 0 Å². The van der Waals surface area contributed by atoms with Gasteiger partial charge in [-0.15, -0.1) is 0 Å². The van der Waals surface area contributed by atoms with E-state index >= 15 is 0 Å². The zero-order valence-electron chi connectivity index (χ0n) is 14.1. The number of ether oxygens (including phenoxy) is 3. The van der Waals surface area contributed by atoms with Gasteiger partial charge in [-0.3, -0.25) is 9.59 Å². The number of nitriles is 1. The van der Waals surface area contributed by atoms with Gasteiger partial charge in [0.15, 0.2) is 12.7 Å². The van der Waals surface area contributed by atoms with Gasteiger partial charge in [-0.2, -0.15) is 5.26 Å². The van der Waals surface area contributed by atoms with Gasteiger partial charge in [-0.25, -0.2) is 4.79 Å². The number of carbonyl (C=O) groups is 3. The van der Waals surface area contributed by atoms with Crippen molar-refractivity contribution in [2.45, 2.75) is 25.9 Å². The lowest BCUT2D eigenvalue weighted by Gasteiger charge is -2.14. The van der Waals surface area contributed by atoms with Crippen LogP contribution in [0.25, 0.3) is 0 Å². The Balaban J connectivity index is 2.26. The highest BCUT2D eigenvalue weighted by Gasteiger charge is 2.17. The van der Waals surface area contributed by atoms with Gasteiger partial charge in [0.25, 0.3) is 5.91 Å². The van der Waals surface area contributed by atoms with Gasteiger partial charge in [0.1, 0.15) is 5.75 Å². The maximum atomic E-state index is 11.8. The molecule has 0 aliphatic carbocycles. The number of benzene rings is 1. The molecule has 1 rings (SSSR count). The van der Waals surface area contributed by atoms with Crippen molar-refractivity contribution in [2.24, 2.45) is 0 Å². The first kappa shape index (κ1) is 20.0. The molecule has 134 valence electrons. The number of rotatable bonds is 9. The fraction of sp³-hybridized carbons (Fsp3) is 0.412. The van der Waals surface area contributed by atoms with Crippen LogP contribution >= 0.6 is 0 Å². The fourth-order valence-electron chi connectivity index (χ4n) is 1.73. The summed E-state index contributed by atoms with van der Waals surface area (Å²) in [7, 11) is 1.29. The molecule has 0 aliphatic heterocycles. The molecule has 1 aromatic carbocycles. The first-order valence-electron chi connectivity index (χ1n) is 7.63. The predicted molar refractivity (Wildman–Crippen MR) is 86.5 cm³/mol. The molecule has 25 heavy (non-hydrogen) atoms. The zero-order valence-corrected chi connectivity index (χ0v) is 14.1. The molecule has 0 unspecified atom stereocenters. The molecule has 0 saturated heterocycles. The fourth-order valence-corrected chi connectivity index (χ4v) is 1.73. The maximum absolute atomic E-state index is 11.8. The number of nitrogens with one attached hydrogen (secondary N) is 1. The summed E-state index contributed by atoms with van der Waals surface area (Å²) in [5, 5.41) is 11.2. The molecule has 0 heterocycles. The molecule has 0 aliphatic rings. The van der Waals surface area contributed by atoms with E-state index in [1.165, 1.54) is 14.0 Å². The number of hydrogen-bond donors (Lipinski definition) is 1. The minimum Gasteiger partial charge on any atom is -0.479 e. The SMILES string of the molecule is COC(=O)CCCNC(=O)COC(=O)[C@@H](C)Oc1ccc(C#N)cc1. The summed E-state index contributed by atoms with van der Waals surface area (Å²) < 4.78 is 14.7. The minimum absolute atomic E-state index is 0.200. The van der Waals surface area contributed by atoms with Gasteiger partial charge in [-0.1, -0.05) is 0 Å². The lowest BCUT2D eigenvalue weighted by Crippen LogP contribution is -2.33. The molecular weight excluding hydrogens is 328 g/mol. The van der Waals surface area contributed by atoms with Crippen molar-refractivity contribution in [1.82, 2.24) is 5.32 Å². The molecule has 0 aromatic heterocycles. The van der Waals surface area contributed by atoms with Gasteiger partial charge in [0.2, 0.25) is 0 Å². The van der Waals surface area contributed by atoms with Crippen LogP contribution in [-0.2, 0) is 23.9 Å². The number of carbonyl (C=O) groups excluding carboxylic acids is 3. The van der Waals surface area contributed by atoms with Gasteiger partial charge < -0.3 is 19.5 Å². The Hall–Kier alpha value is -3.08. The van der Waals surface area contributed by atoms with E-state index in [2.05, 4.69) is 10.1 Å². The van der Waals surface area contributed by atoms with Crippen molar-refractivity contribution in [3.05, 3.63) is 29.8 Å². The second-order valence-electron chi connectivity index (χ2n) is 5.03. The third-order valence-corrected chi connectivity index (χ3v) is 3.08. The van der Waals surface area contributed by atoms with Crippen LogP contribution < -0.4 is 10.1 Å². The third kappa shape index (κ3) is 7.83. The Labute approximate surface area is 145 Å². The van der Waals surface area contributed by atoms with Crippen molar-refractivity contribution >= 4 is 17.8 Å². The van der Waals surface area contributed by atoms with Gasteiger partial charge >= 0.3 is 11.9 Å². The quantitative estimate of drug-likeness (QED) is 0.521. The van der Waals surface area contributed by atoms with Crippen molar-refractivity contribution in [3.8, 4) is 11.8 Å². The van der Waals surface area contributed by atoms with Crippen LogP contribution in [0.5, 0.6) is 5.75 Å². The highest BCUT2D eigenvalue weighted by atomic mass is 16.6. The summed E-state index contributed by atoms with van der Waals surface area (Å²) in [4.78, 5) is 34.2. The Bertz CT molecular complexity index is 636. The molecule has 8 nitrogen and oxygen atoms in total. The smallest absolute Gasteiger partial charge is 0.347 e. The van der Waals surface area contributed by atoms with E-state index in [1.54, 1.807) is 24.3 Å². The third-order valence-electron chi connectivity index (χ3n) is 3.08. The normalized spacial score (nSPS) is 10.9. The molecular formula is C17H20N2O6. The summed E-state index contributed by atoms with van der Waals surface area (Å²) in [6.07, 6.45) is -0.267. The molecule has 1 aromatic rings. The number of hydrogen-bond acceptors (Lipinski definition) is 7. The van der Waals surface area contributed by atoms with E-state index in [9.17, 15) is 14.4 Å². The number of nitrogens with zero attached hydrogens (tertiary/aromatic N) is 1. The highest BCUT2D eigenvalue weighted by Crippen LogP contribution is 2.13. The average Bonchev–Trinajstić information content (AvgIpc) is 2.63. The first-order chi connectivity index (χ1) is 12.0. The van der Waals surface area contributed by atoms with Crippen LogP contribution in [0.15, 0.2) is 24.3 Å². The lowest BCUT2D eigenvalue weighted by atomic mass is 10.2. The van der Waals surface area contributed by atoms with Crippen LogP contribution in [0.3, 0.4) is 0 Å². The van der Waals surface area contributed by atoms with Crippen molar-refractivity contribution in [3.63, 3.8) is 0 Å². The van der Waals surface area contributed by atoms with Gasteiger partial charge in [0, 0.05) is 13.0 Å². The van der Waals surface area contributed by atoms with E-state index in [4.69, 9.17) is 14.7 Å². The summed E-state index contributed by atoms with van der Waals surface area (Å²) >= 11 is 0. The largest absolute Gasteiger partial charge is 0.479 e. The lowest BCUT2D eigenvalue weighted by molar-refractivity contribution is -0.154. The molecule has 0 spiro atoms. The monoisotopic (exact) mass is 348 g/mol. The second-order valence-corrected chi connectivity index (χ2v) is 5.03. The van der Waals surface area contributed by atoms with Crippen LogP contribution in [0, 0.1) is 11.3 Å². The Kier molecular flexibility index (Phi) is 8.50. The van der Waals surface area contributed by atoms with Crippen molar-refractivity contribution in [2.75, 3.05) is 20.3 Å². The Morgan fingerprint density at radius 1 is 1.24 bits per heavy atom. The number of esters is 2. The molecule has 1 N–H and O–H groups in total. The highest BCUT2D eigenvalue weighted by molar-refractivity contribution is 5.82. The molecule has 0 fully saturated rings. The van der Waals surface area contributed by atoms with E-state index in [0.29, 0.717) is 17.7 Å². The first-order valence-corrected chi connectivity index (χ1v) is 7.63. The predicted octanol–water partition coefficient (Wildman–Crippen LogP) is 0.938. The number of amides is 1. The van der Waals surface area contributed by atoms with Crippen LogP contribution in [-0.4, -0.2) is 44.2 Å². The topological polar surface area (TPSA) is 115 Å². The summed E-state index contributed by atoms with van der Waals surface area (Å²) in [5.74, 6) is -1.09. The second kappa shape index (κ2) is 10.6. The van der Waals surface area contributed by atoms with Crippen LogP contribution in [0.4, 0.5) is 0 Å². The van der Waals surface area contributed by atoms with Crippen LogP contribution in [0.1, 0.15) is 25.3 Å². The summed E-state index contributed by atoms with van der Waals surface area (Å²) in [6, 6.07) is 8.24. The Morgan fingerprint density at radius 2 is 1.92 bits per heavy atom. The molecule has 8 heteroatoms. The van der Waals surface area contributed by atoms with E-state index in [-0.39, 0.29) is 18.9 Å². The summed E-state index contributed by atoms with van der Waals surface area (Å²) in [6.45, 7) is 1.34. The van der Waals surface area contributed by atoms with Crippen molar-refractivity contribution < 1.29 is 28.6 Å². The van der Waals surface area contributed by atoms with E-state index < -0.39 is 24.6 Å². The molecule has 0 saturated carbocycles. The number of methoxy groups -OCH3 is 1. The molecule has 1 atom stereocenters. The van der Waals surface area contributed by atoms with E-state index in [1.807, 2.05) is 6.07 Å². The molecule has 1 amide bonds. The average molecular weight is 348 g/mol. The standard InChI is InChI=1S/C17H20N2O6/c1-12(25-14-7-5-13(10-18)6-8-14)17(22)24-11-15(20)19-9-3-4-16(21)23-2/h5-8,12H,3-4,9,11H2,1-2H3,(H,19,20)/t12-/m1/s1. The minimum atomic E-state index is -0.903. The summed E-state index contributed by atoms with van der Waals surface area (Å²) in [5.41, 5.74) is 0.478. The maximum Gasteiger partial charge on any atom is 0.347 e. The van der Waals surface area contributed by atoms with Gasteiger partial charge in [0.05, 0.1) is 18.7 Å². The van der Waals surface area contributed by atoms with Crippen LogP contribution in [0.2, 0.25) is 0 Å². The molecule has 0 radical (unpaired) electrons. The van der Waals surface area contributed by atoms with Crippen molar-refractivity contribution in [1.29, 1.82) is 5.26 Å². The Morgan fingerprint density at radius 3 is 2.52 bits per heavy atom. The van der Waals surface area contributed by atoms with Gasteiger partial charge in [-0.05, 0) is 37.6 Å².